The molecule has 1 aliphatic heterocycles. The molecule has 1 aromatic heterocycles. The van der Waals surface area contributed by atoms with Crippen LogP contribution in [0.5, 0.6) is 11.5 Å². The Balaban J connectivity index is 1.56. The standard InChI is InChI=1S/C25H30F3N3O4/c1-16(2)34-21-15-18(33-14-12-17-7-4-3-5-8-17)10-11-19(21)23-30-22-20(9-6-13-29-22)31(23)35-24(32)25(26,27)28/h6,9-11,13,15-17,23H,3-5,7-8,12,14H2,1-2H3,(H,29,30). The summed E-state index contributed by atoms with van der Waals surface area (Å²) in [5.41, 5.74) is 0.685. The van der Waals surface area contributed by atoms with Gasteiger partial charge in [-0.1, -0.05) is 32.1 Å². The maximum atomic E-state index is 13.0. The fourth-order valence-corrected chi connectivity index (χ4v) is 4.47. The first kappa shape index (κ1) is 24.9. The van der Waals surface area contributed by atoms with E-state index in [1.54, 1.807) is 24.3 Å². The lowest BCUT2D eigenvalue weighted by atomic mass is 9.87. The molecule has 1 unspecified atom stereocenters. The Labute approximate surface area is 202 Å². The van der Waals surface area contributed by atoms with Gasteiger partial charge in [-0.15, -0.1) is 0 Å². The van der Waals surface area contributed by atoms with E-state index in [0.717, 1.165) is 11.5 Å². The van der Waals surface area contributed by atoms with Crippen LogP contribution >= 0.6 is 0 Å². The number of nitrogens with one attached hydrogen (secondary N) is 1. The van der Waals surface area contributed by atoms with Crippen LogP contribution in [0.1, 0.15) is 64.1 Å². The highest BCUT2D eigenvalue weighted by atomic mass is 19.4. The van der Waals surface area contributed by atoms with Crippen molar-refractivity contribution in [3.05, 3.63) is 42.1 Å². The first-order chi connectivity index (χ1) is 16.7. The average Bonchev–Trinajstić information content (AvgIpc) is 3.17. The van der Waals surface area contributed by atoms with Crippen LogP contribution in [0.15, 0.2) is 36.5 Å². The number of carbonyl (C=O) groups excluding carboxylic acids is 1. The summed E-state index contributed by atoms with van der Waals surface area (Å²) in [5.74, 6) is -0.341. The number of aromatic nitrogens is 1. The van der Waals surface area contributed by atoms with Gasteiger partial charge in [-0.05, 0) is 50.5 Å². The molecule has 0 saturated heterocycles. The van der Waals surface area contributed by atoms with Crippen molar-refractivity contribution in [2.24, 2.45) is 5.92 Å². The fourth-order valence-electron chi connectivity index (χ4n) is 4.47. The van der Waals surface area contributed by atoms with Crippen molar-refractivity contribution in [2.45, 2.75) is 70.8 Å². The maximum absolute atomic E-state index is 13.0. The van der Waals surface area contributed by atoms with E-state index < -0.39 is 18.3 Å². The van der Waals surface area contributed by atoms with Crippen molar-refractivity contribution in [3.63, 3.8) is 0 Å². The number of ether oxygens (including phenoxy) is 2. The predicted octanol–water partition coefficient (Wildman–Crippen LogP) is 6.17. The molecule has 0 bridgehead atoms. The lowest BCUT2D eigenvalue weighted by Gasteiger charge is -2.27. The summed E-state index contributed by atoms with van der Waals surface area (Å²) in [5, 5.41) is 3.91. The summed E-state index contributed by atoms with van der Waals surface area (Å²) in [6.45, 7) is 4.28. The molecule has 1 N–H and O–H groups in total. The highest BCUT2D eigenvalue weighted by Gasteiger charge is 2.46. The number of hydrogen-bond acceptors (Lipinski definition) is 7. The van der Waals surface area contributed by atoms with Crippen LogP contribution in [0, 0.1) is 5.92 Å². The van der Waals surface area contributed by atoms with E-state index in [-0.39, 0.29) is 17.6 Å². The summed E-state index contributed by atoms with van der Waals surface area (Å²) >= 11 is 0. The maximum Gasteiger partial charge on any atom is 0.493 e. The Morgan fingerprint density at radius 1 is 1.20 bits per heavy atom. The number of rotatable bonds is 8. The smallest absolute Gasteiger partial charge is 0.493 e. The van der Waals surface area contributed by atoms with Crippen LogP contribution in [0.25, 0.3) is 0 Å². The molecule has 1 aromatic carbocycles. The lowest BCUT2D eigenvalue weighted by Crippen LogP contribution is -2.37. The van der Waals surface area contributed by atoms with Gasteiger partial charge >= 0.3 is 12.1 Å². The minimum atomic E-state index is -5.15. The molecule has 1 saturated carbocycles. The van der Waals surface area contributed by atoms with Gasteiger partial charge in [0, 0.05) is 17.8 Å². The van der Waals surface area contributed by atoms with Gasteiger partial charge in [0.25, 0.3) is 0 Å². The first-order valence-electron chi connectivity index (χ1n) is 12.0. The largest absolute Gasteiger partial charge is 0.493 e. The van der Waals surface area contributed by atoms with E-state index >= 15 is 0 Å². The fraction of sp³-hybridized carbons (Fsp3) is 0.520. The van der Waals surface area contributed by atoms with Crippen LogP contribution in [0.3, 0.4) is 0 Å². The summed E-state index contributed by atoms with van der Waals surface area (Å²) in [7, 11) is 0. The van der Waals surface area contributed by atoms with E-state index in [4.69, 9.17) is 14.3 Å². The Morgan fingerprint density at radius 2 is 1.97 bits per heavy atom. The molecular formula is C25H30F3N3O4. The normalized spacial score (nSPS) is 18.2. The molecule has 2 heterocycles. The highest BCUT2D eigenvalue weighted by molar-refractivity contribution is 5.80. The molecule has 35 heavy (non-hydrogen) atoms. The average molecular weight is 494 g/mol. The van der Waals surface area contributed by atoms with Crippen molar-refractivity contribution in [3.8, 4) is 11.5 Å². The van der Waals surface area contributed by atoms with Gasteiger partial charge in [-0.3, -0.25) is 0 Å². The van der Waals surface area contributed by atoms with Gasteiger partial charge < -0.3 is 19.6 Å². The SMILES string of the molecule is CC(C)Oc1cc(OCCC2CCCCC2)ccc1C1Nc2ncccc2N1OC(=O)C(F)(F)F. The van der Waals surface area contributed by atoms with Crippen molar-refractivity contribution in [2.75, 3.05) is 17.0 Å². The van der Waals surface area contributed by atoms with Crippen LogP contribution in [-0.2, 0) is 9.63 Å². The van der Waals surface area contributed by atoms with E-state index in [9.17, 15) is 18.0 Å². The minimum absolute atomic E-state index is 0.207. The summed E-state index contributed by atoms with van der Waals surface area (Å²) in [6, 6.07) is 8.23. The first-order valence-corrected chi connectivity index (χ1v) is 12.0. The molecule has 0 amide bonds. The van der Waals surface area contributed by atoms with E-state index in [1.165, 1.54) is 44.4 Å². The molecular weight excluding hydrogens is 463 g/mol. The molecule has 1 aliphatic carbocycles. The molecule has 190 valence electrons. The molecule has 4 rings (SSSR count). The van der Waals surface area contributed by atoms with Crippen LogP contribution < -0.4 is 19.9 Å². The minimum Gasteiger partial charge on any atom is -0.493 e. The molecule has 2 aromatic rings. The molecule has 1 atom stereocenters. The van der Waals surface area contributed by atoms with Crippen LogP contribution in [-0.4, -0.2) is 29.8 Å². The number of anilines is 2. The van der Waals surface area contributed by atoms with Gasteiger partial charge in [-0.2, -0.15) is 18.2 Å². The zero-order valence-electron chi connectivity index (χ0n) is 19.8. The zero-order chi connectivity index (χ0) is 25.0. The molecule has 0 spiro atoms. The number of hydroxylamine groups is 1. The molecule has 0 radical (unpaired) electrons. The lowest BCUT2D eigenvalue weighted by molar-refractivity contribution is -0.201. The van der Waals surface area contributed by atoms with E-state index in [1.807, 2.05) is 13.8 Å². The zero-order valence-corrected chi connectivity index (χ0v) is 19.8. The van der Waals surface area contributed by atoms with E-state index in [2.05, 4.69) is 10.3 Å². The quantitative estimate of drug-likeness (QED) is 0.472. The van der Waals surface area contributed by atoms with Crippen molar-refractivity contribution in [1.29, 1.82) is 0 Å². The Morgan fingerprint density at radius 3 is 2.69 bits per heavy atom. The second-order valence-electron chi connectivity index (χ2n) is 9.13. The third-order valence-electron chi connectivity index (χ3n) is 6.11. The molecule has 10 heteroatoms. The van der Waals surface area contributed by atoms with Crippen molar-refractivity contribution < 1.29 is 32.3 Å². The van der Waals surface area contributed by atoms with Gasteiger partial charge in [0.1, 0.15) is 17.2 Å². The summed E-state index contributed by atoms with van der Waals surface area (Å²) < 4.78 is 50.9. The van der Waals surface area contributed by atoms with Crippen molar-refractivity contribution in [1.82, 2.24) is 4.98 Å². The Bertz CT molecular complexity index is 1030. The van der Waals surface area contributed by atoms with E-state index in [0.29, 0.717) is 29.6 Å². The Kier molecular flexibility index (Phi) is 7.57. The monoisotopic (exact) mass is 493 g/mol. The van der Waals surface area contributed by atoms with Gasteiger partial charge in [-0.25, -0.2) is 9.78 Å². The van der Waals surface area contributed by atoms with Crippen LogP contribution in [0.2, 0.25) is 0 Å². The van der Waals surface area contributed by atoms with Crippen LogP contribution in [0.4, 0.5) is 24.7 Å². The van der Waals surface area contributed by atoms with Gasteiger partial charge in [0.15, 0.2) is 12.0 Å². The van der Waals surface area contributed by atoms with Crippen molar-refractivity contribution >= 4 is 17.5 Å². The predicted molar refractivity (Wildman–Crippen MR) is 124 cm³/mol. The number of fused-ring (bicyclic) bond motifs is 1. The molecule has 2 aliphatic rings. The number of nitrogens with zero attached hydrogens (tertiary/aromatic N) is 2. The van der Waals surface area contributed by atoms with Gasteiger partial charge in [0.05, 0.1) is 12.7 Å². The number of hydrogen-bond donors (Lipinski definition) is 1. The summed E-state index contributed by atoms with van der Waals surface area (Å²) in [6.07, 6.45) is 2.45. The number of alkyl halides is 3. The number of halogens is 3. The third-order valence-corrected chi connectivity index (χ3v) is 6.11. The topological polar surface area (TPSA) is 72.9 Å². The second kappa shape index (κ2) is 10.6. The third kappa shape index (κ3) is 6.10. The molecule has 7 nitrogen and oxygen atoms in total. The molecule has 1 fully saturated rings. The number of benzene rings is 1. The number of carbonyl (C=O) groups is 1. The summed E-state index contributed by atoms with van der Waals surface area (Å²) in [4.78, 5) is 20.6. The Hall–Kier alpha value is -3.17. The second-order valence-corrected chi connectivity index (χ2v) is 9.13. The van der Waals surface area contributed by atoms with Gasteiger partial charge in [0.2, 0.25) is 0 Å². The number of pyridine rings is 1. The highest BCUT2D eigenvalue weighted by Crippen LogP contribution is 2.44.